The Balaban J connectivity index is 0. The lowest BCUT2D eigenvalue weighted by Gasteiger charge is -2.27. The molecule has 0 bridgehead atoms. The van der Waals surface area contributed by atoms with Crippen LogP contribution in [0.1, 0.15) is 0 Å². The third-order valence-electron chi connectivity index (χ3n) is 3.91. The molecule has 1 saturated heterocycles. The molecule has 160 valence electrons. The van der Waals surface area contributed by atoms with Gasteiger partial charge >= 0.3 is 24.2 Å². The number of carboxylic acid groups (broad SMARTS) is 2. The van der Waals surface area contributed by atoms with Crippen LogP contribution in [0.5, 0.6) is 0 Å². The van der Waals surface area contributed by atoms with Crippen LogP contribution in [0.4, 0.5) is 0 Å². The van der Waals surface area contributed by atoms with E-state index in [-0.39, 0.29) is 25.4 Å². The van der Waals surface area contributed by atoms with Crippen molar-refractivity contribution in [1.82, 2.24) is 19.6 Å². The van der Waals surface area contributed by atoms with Gasteiger partial charge in [0, 0.05) is 52.4 Å². The van der Waals surface area contributed by atoms with E-state index < -0.39 is 11.9 Å². The Hall–Kier alpha value is -2.46. The molecule has 1 heterocycles. The van der Waals surface area contributed by atoms with Crippen LogP contribution in [0.15, 0.2) is 0 Å². The number of likely N-dealkylation sites (N-methyl/N-ethyl adjacent to an activating group) is 2. The second-order valence-electron chi connectivity index (χ2n) is 6.11. The van der Waals surface area contributed by atoms with Crippen molar-refractivity contribution in [1.29, 1.82) is 0 Å². The molecule has 12 nitrogen and oxygen atoms in total. The van der Waals surface area contributed by atoms with Crippen molar-refractivity contribution in [2.45, 2.75) is 0 Å². The van der Waals surface area contributed by atoms with Crippen molar-refractivity contribution in [3.05, 3.63) is 0 Å². The summed E-state index contributed by atoms with van der Waals surface area (Å²) in [5.74, 6) is -1.99. The van der Waals surface area contributed by atoms with Crippen molar-refractivity contribution < 1.29 is 39.0 Å². The molecule has 28 heavy (non-hydrogen) atoms. The SMILES string of the molecule is CN1CCN(C)CCN(CCN(CC(=O)O)CC(=O)O)CC1.O=C=O.O=C=O. The number of carboxylic acids is 2. The fourth-order valence-corrected chi connectivity index (χ4v) is 2.40. The fraction of sp³-hybridized carbons (Fsp3) is 0.750. The van der Waals surface area contributed by atoms with E-state index in [0.717, 1.165) is 39.3 Å². The molecule has 1 rings (SSSR count). The highest BCUT2D eigenvalue weighted by Gasteiger charge is 2.16. The van der Waals surface area contributed by atoms with Gasteiger partial charge in [-0.15, -0.1) is 0 Å². The molecular weight excluding hydrogens is 376 g/mol. The Kier molecular flexibility index (Phi) is 17.8. The summed E-state index contributed by atoms with van der Waals surface area (Å²) in [5, 5.41) is 17.7. The molecule has 0 aromatic heterocycles. The van der Waals surface area contributed by atoms with E-state index in [1.54, 1.807) is 0 Å². The molecule has 0 aliphatic carbocycles. The minimum atomic E-state index is -0.995. The predicted octanol–water partition coefficient (Wildman–Crippen LogP) is -2.53. The van der Waals surface area contributed by atoms with Gasteiger partial charge in [-0.05, 0) is 14.1 Å². The van der Waals surface area contributed by atoms with Crippen LogP contribution in [0.3, 0.4) is 0 Å². The Morgan fingerprint density at radius 3 is 1.43 bits per heavy atom. The van der Waals surface area contributed by atoms with Crippen molar-refractivity contribution in [2.75, 3.05) is 79.5 Å². The quantitative estimate of drug-likeness (QED) is 0.459. The van der Waals surface area contributed by atoms with E-state index >= 15 is 0 Å². The van der Waals surface area contributed by atoms with Gasteiger partial charge in [0.15, 0.2) is 0 Å². The highest BCUT2D eigenvalue weighted by atomic mass is 16.4. The smallest absolute Gasteiger partial charge is 0.373 e. The van der Waals surface area contributed by atoms with Gasteiger partial charge in [-0.2, -0.15) is 19.2 Å². The van der Waals surface area contributed by atoms with Crippen LogP contribution in [0.25, 0.3) is 0 Å². The Morgan fingerprint density at radius 2 is 1.11 bits per heavy atom. The molecule has 2 N–H and O–H groups in total. The molecule has 12 heteroatoms. The maximum atomic E-state index is 10.8. The van der Waals surface area contributed by atoms with Crippen molar-refractivity contribution in [3.63, 3.8) is 0 Å². The van der Waals surface area contributed by atoms with Crippen molar-refractivity contribution in [3.8, 4) is 0 Å². The van der Waals surface area contributed by atoms with E-state index in [2.05, 4.69) is 28.8 Å². The number of rotatable bonds is 7. The second kappa shape index (κ2) is 17.9. The van der Waals surface area contributed by atoms with Gasteiger partial charge in [-0.25, -0.2) is 0 Å². The van der Waals surface area contributed by atoms with Gasteiger partial charge in [0.1, 0.15) is 0 Å². The Labute approximate surface area is 163 Å². The molecule has 0 saturated carbocycles. The van der Waals surface area contributed by atoms with E-state index in [0.29, 0.717) is 13.1 Å². The summed E-state index contributed by atoms with van der Waals surface area (Å²) in [6.07, 6.45) is 0.500. The monoisotopic (exact) mass is 404 g/mol. The first kappa shape index (κ1) is 27.8. The molecule has 0 aromatic rings. The molecular formula is C16H28N4O8. The zero-order valence-corrected chi connectivity index (χ0v) is 16.2. The molecule has 1 fully saturated rings. The highest BCUT2D eigenvalue weighted by molar-refractivity contribution is 5.72. The van der Waals surface area contributed by atoms with Gasteiger partial charge in [0.05, 0.1) is 13.1 Å². The average Bonchev–Trinajstić information content (AvgIpc) is 2.66. The lowest BCUT2D eigenvalue weighted by molar-refractivity contribution is -0.193. The number of carbonyl (C=O) groups excluding carboxylic acids is 4. The summed E-state index contributed by atoms with van der Waals surface area (Å²) in [6, 6.07) is 0. The minimum absolute atomic E-state index is 0.236. The van der Waals surface area contributed by atoms with Crippen molar-refractivity contribution in [2.24, 2.45) is 0 Å². The molecule has 0 unspecified atom stereocenters. The maximum Gasteiger partial charge on any atom is 0.373 e. The summed E-state index contributed by atoms with van der Waals surface area (Å²) in [6.45, 7) is 6.49. The first-order chi connectivity index (χ1) is 13.2. The zero-order chi connectivity index (χ0) is 21.9. The van der Waals surface area contributed by atoms with Gasteiger partial charge in [0.25, 0.3) is 0 Å². The van der Waals surface area contributed by atoms with Crippen molar-refractivity contribution >= 4 is 24.2 Å². The average molecular weight is 404 g/mol. The number of carbonyl (C=O) groups is 2. The highest BCUT2D eigenvalue weighted by Crippen LogP contribution is 1.99. The first-order valence-corrected chi connectivity index (χ1v) is 8.44. The number of hydrogen-bond donors (Lipinski definition) is 2. The van der Waals surface area contributed by atoms with Crippen LogP contribution in [0, 0.1) is 0 Å². The lowest BCUT2D eigenvalue weighted by atomic mass is 10.3. The topological polar surface area (TPSA) is 156 Å². The summed E-state index contributed by atoms with van der Waals surface area (Å²) in [4.78, 5) is 62.4. The van der Waals surface area contributed by atoms with Gasteiger partial charge < -0.3 is 20.0 Å². The molecule has 1 aliphatic heterocycles. The Morgan fingerprint density at radius 1 is 0.786 bits per heavy atom. The number of aliphatic carboxylic acids is 2. The van der Waals surface area contributed by atoms with Crippen LogP contribution in [0.2, 0.25) is 0 Å². The lowest BCUT2D eigenvalue weighted by Crippen LogP contribution is -2.43. The summed E-state index contributed by atoms with van der Waals surface area (Å²) in [5.41, 5.74) is 0. The van der Waals surface area contributed by atoms with Gasteiger partial charge in [-0.3, -0.25) is 19.4 Å². The van der Waals surface area contributed by atoms with E-state index in [1.807, 2.05) is 0 Å². The second-order valence-corrected chi connectivity index (χ2v) is 6.11. The third kappa shape index (κ3) is 18.3. The van der Waals surface area contributed by atoms with Crippen LogP contribution < -0.4 is 0 Å². The third-order valence-corrected chi connectivity index (χ3v) is 3.91. The Bertz CT molecular complexity index is 477. The van der Waals surface area contributed by atoms with E-state index in [4.69, 9.17) is 29.4 Å². The number of hydrogen-bond acceptors (Lipinski definition) is 10. The fourth-order valence-electron chi connectivity index (χ4n) is 2.40. The molecule has 0 amide bonds. The molecule has 0 atom stereocenters. The normalized spacial score (nSPS) is 16.0. The van der Waals surface area contributed by atoms with Crippen LogP contribution >= 0.6 is 0 Å². The van der Waals surface area contributed by atoms with Gasteiger partial charge in [0.2, 0.25) is 0 Å². The van der Waals surface area contributed by atoms with E-state index in [1.165, 1.54) is 4.90 Å². The minimum Gasteiger partial charge on any atom is -0.480 e. The zero-order valence-electron chi connectivity index (χ0n) is 16.2. The van der Waals surface area contributed by atoms with E-state index in [9.17, 15) is 9.59 Å². The summed E-state index contributed by atoms with van der Waals surface area (Å²) in [7, 11) is 4.19. The maximum absolute atomic E-state index is 10.8. The molecule has 0 radical (unpaired) electrons. The van der Waals surface area contributed by atoms with Gasteiger partial charge in [-0.1, -0.05) is 0 Å². The standard InChI is InChI=1S/C14H28N4O4.2CO2/c1-15-3-4-16(2)6-8-17(7-5-15)9-10-18(11-13(19)20)12-14(21)22;2*2-1-3/h3-12H2,1-2H3,(H,19,20)(H,21,22);;. The largest absolute Gasteiger partial charge is 0.480 e. The molecule has 1 aliphatic rings. The first-order valence-electron chi connectivity index (χ1n) is 8.44. The summed E-state index contributed by atoms with van der Waals surface area (Å²) >= 11 is 0. The predicted molar refractivity (Wildman–Crippen MR) is 93.2 cm³/mol. The molecule has 0 spiro atoms. The van der Waals surface area contributed by atoms with Crippen LogP contribution in [-0.2, 0) is 28.8 Å². The number of nitrogens with zero attached hydrogens (tertiary/aromatic N) is 4. The molecule has 0 aromatic carbocycles. The van der Waals surface area contributed by atoms with Crippen LogP contribution in [-0.4, -0.2) is 134 Å². The summed E-state index contributed by atoms with van der Waals surface area (Å²) < 4.78 is 0.